The molecule has 0 spiro atoms. The van der Waals surface area contributed by atoms with Gasteiger partial charge in [-0.15, -0.1) is 0 Å². The third-order valence-electron chi connectivity index (χ3n) is 11.4. The summed E-state index contributed by atoms with van der Waals surface area (Å²) in [6.07, 6.45) is 30.6. The molecule has 0 saturated carbocycles. The highest BCUT2D eigenvalue weighted by Gasteiger charge is 2.51. The van der Waals surface area contributed by atoms with Crippen LogP contribution in [0.4, 0.5) is 0 Å². The summed E-state index contributed by atoms with van der Waals surface area (Å²) in [4.78, 5) is 13.1. The molecule has 12 atom stereocenters. The van der Waals surface area contributed by atoms with Crippen molar-refractivity contribution in [3.8, 4) is 0 Å². The molecule has 0 aromatic heterocycles. The maximum Gasteiger partial charge on any atom is 0.220 e. The Labute approximate surface area is 389 Å². The Morgan fingerprint density at radius 3 is 1.62 bits per heavy atom. The first-order valence-electron chi connectivity index (χ1n) is 24.3. The van der Waals surface area contributed by atoms with Crippen LogP contribution in [0.5, 0.6) is 0 Å². The van der Waals surface area contributed by atoms with Crippen molar-refractivity contribution < 1.29 is 64.6 Å². The van der Waals surface area contributed by atoms with E-state index in [-0.39, 0.29) is 18.9 Å². The van der Waals surface area contributed by atoms with Crippen LogP contribution < -0.4 is 5.32 Å². The fourth-order valence-electron chi connectivity index (χ4n) is 7.39. The standard InChI is InChI=1S/C51H85NO13/c1-3-5-7-9-11-12-13-14-15-16-17-18-19-20-21-22-23-24-25-26-27-28-29-31-33-35-43(56)52-39(40(55)34-32-30-10-8-6-4-2)38-62-50-48(61)46(59)49(42(37-54)64-50)65-51-47(60)45(58)44(57)41(36-53)63-51/h5,7,11-12,14-15,17-18,20-21,23-24,26-27,39-42,44-51,53-55,57-61H,3-4,6,8-10,13,16,19,22,25,28-38H2,1-2H3,(H,52,56)/b7-5-,12-11-,15-14-,18-17-,21-20-,24-23-,27-26-. The van der Waals surface area contributed by atoms with Crippen molar-refractivity contribution in [3.05, 3.63) is 85.1 Å². The summed E-state index contributed by atoms with van der Waals surface area (Å²) < 4.78 is 22.6. The van der Waals surface area contributed by atoms with Gasteiger partial charge in [-0.2, -0.15) is 0 Å². The Morgan fingerprint density at radius 2 is 1.06 bits per heavy atom. The molecule has 0 aliphatic carbocycles. The van der Waals surface area contributed by atoms with Gasteiger partial charge in [0.1, 0.15) is 48.8 Å². The number of aliphatic hydroxyl groups is 8. The number of rotatable bonds is 35. The summed E-state index contributed by atoms with van der Waals surface area (Å²) in [5.41, 5.74) is 0. The quantitative estimate of drug-likeness (QED) is 0.0270. The van der Waals surface area contributed by atoms with Crippen LogP contribution in [0, 0.1) is 0 Å². The molecule has 65 heavy (non-hydrogen) atoms. The fraction of sp³-hybridized carbons (Fsp3) is 0.706. The smallest absolute Gasteiger partial charge is 0.220 e. The second-order valence-corrected chi connectivity index (χ2v) is 16.9. The molecule has 0 radical (unpaired) electrons. The molecule has 1 amide bonds. The Hall–Kier alpha value is -2.83. The lowest BCUT2D eigenvalue weighted by molar-refractivity contribution is -0.359. The Bertz CT molecular complexity index is 1410. The summed E-state index contributed by atoms with van der Waals surface area (Å²) in [6.45, 7) is 2.60. The number of carbonyl (C=O) groups is 1. The van der Waals surface area contributed by atoms with Gasteiger partial charge >= 0.3 is 0 Å². The molecular formula is C51H85NO13. The fourth-order valence-corrected chi connectivity index (χ4v) is 7.39. The van der Waals surface area contributed by atoms with Gasteiger partial charge in [-0.3, -0.25) is 4.79 Å². The molecule has 2 aliphatic rings. The topological polar surface area (TPSA) is 228 Å². The second-order valence-electron chi connectivity index (χ2n) is 16.9. The summed E-state index contributed by atoms with van der Waals surface area (Å²) in [5.74, 6) is -0.250. The Kier molecular flexibility index (Phi) is 33.4. The lowest BCUT2D eigenvalue weighted by Crippen LogP contribution is -2.65. The number of carbonyl (C=O) groups excluding carboxylic acids is 1. The molecule has 372 valence electrons. The molecule has 0 aromatic carbocycles. The average Bonchev–Trinajstić information content (AvgIpc) is 3.30. The molecule has 2 aliphatic heterocycles. The van der Waals surface area contributed by atoms with Crippen LogP contribution in [0.2, 0.25) is 0 Å². The number of hydrogen-bond donors (Lipinski definition) is 9. The van der Waals surface area contributed by atoms with Gasteiger partial charge in [0.2, 0.25) is 5.91 Å². The van der Waals surface area contributed by atoms with Crippen molar-refractivity contribution in [2.24, 2.45) is 0 Å². The number of amides is 1. The predicted octanol–water partition coefficient (Wildman–Crippen LogP) is 5.82. The van der Waals surface area contributed by atoms with Gasteiger partial charge in [-0.25, -0.2) is 0 Å². The van der Waals surface area contributed by atoms with Crippen LogP contribution in [-0.4, -0.2) is 140 Å². The van der Waals surface area contributed by atoms with Gasteiger partial charge in [0.05, 0.1) is 32.0 Å². The van der Waals surface area contributed by atoms with Crippen molar-refractivity contribution in [3.63, 3.8) is 0 Å². The van der Waals surface area contributed by atoms with E-state index in [0.29, 0.717) is 12.8 Å². The highest BCUT2D eigenvalue weighted by atomic mass is 16.7. The predicted molar refractivity (Wildman–Crippen MR) is 253 cm³/mol. The average molecular weight is 920 g/mol. The van der Waals surface area contributed by atoms with Crippen molar-refractivity contribution in [2.75, 3.05) is 19.8 Å². The molecule has 9 N–H and O–H groups in total. The maximum atomic E-state index is 13.1. The van der Waals surface area contributed by atoms with E-state index in [1.165, 1.54) is 0 Å². The third-order valence-corrected chi connectivity index (χ3v) is 11.4. The van der Waals surface area contributed by atoms with E-state index >= 15 is 0 Å². The number of aliphatic hydroxyl groups excluding tert-OH is 8. The lowest BCUT2D eigenvalue weighted by Gasteiger charge is -2.46. The van der Waals surface area contributed by atoms with Gasteiger partial charge in [-0.05, 0) is 70.6 Å². The minimum atomic E-state index is -1.79. The minimum Gasteiger partial charge on any atom is -0.394 e. The van der Waals surface area contributed by atoms with Gasteiger partial charge < -0.3 is 65.1 Å². The molecule has 2 saturated heterocycles. The third kappa shape index (κ3) is 24.7. The molecule has 0 bridgehead atoms. The van der Waals surface area contributed by atoms with E-state index in [2.05, 4.69) is 104 Å². The van der Waals surface area contributed by atoms with E-state index < -0.39 is 86.8 Å². The monoisotopic (exact) mass is 920 g/mol. The molecule has 2 heterocycles. The van der Waals surface area contributed by atoms with Crippen LogP contribution in [-0.2, 0) is 23.7 Å². The first-order chi connectivity index (χ1) is 31.6. The van der Waals surface area contributed by atoms with Crippen LogP contribution in [0.25, 0.3) is 0 Å². The van der Waals surface area contributed by atoms with E-state index in [1.54, 1.807) is 0 Å². The zero-order chi connectivity index (χ0) is 47.5. The number of unbranched alkanes of at least 4 members (excludes halogenated alkanes) is 8. The number of ether oxygens (including phenoxy) is 4. The van der Waals surface area contributed by atoms with Gasteiger partial charge in [0.25, 0.3) is 0 Å². The number of allylic oxidation sites excluding steroid dienone is 14. The van der Waals surface area contributed by atoms with Crippen molar-refractivity contribution >= 4 is 5.91 Å². The van der Waals surface area contributed by atoms with E-state index in [1.807, 2.05) is 0 Å². The van der Waals surface area contributed by atoms with E-state index in [4.69, 9.17) is 18.9 Å². The molecule has 14 heteroatoms. The van der Waals surface area contributed by atoms with Crippen LogP contribution >= 0.6 is 0 Å². The van der Waals surface area contributed by atoms with Crippen LogP contribution in [0.15, 0.2) is 85.1 Å². The summed E-state index contributed by atoms with van der Waals surface area (Å²) in [6, 6.07) is -0.848. The number of hydrogen-bond acceptors (Lipinski definition) is 13. The minimum absolute atomic E-state index is 0.250. The lowest BCUT2D eigenvalue weighted by atomic mass is 9.97. The number of nitrogens with one attached hydrogen (secondary N) is 1. The molecule has 12 unspecified atom stereocenters. The van der Waals surface area contributed by atoms with Gasteiger partial charge in [-0.1, -0.05) is 144 Å². The van der Waals surface area contributed by atoms with E-state index in [9.17, 15) is 45.6 Å². The largest absolute Gasteiger partial charge is 0.394 e. The Balaban J connectivity index is 1.75. The van der Waals surface area contributed by atoms with Crippen molar-refractivity contribution in [1.82, 2.24) is 5.32 Å². The molecule has 2 fully saturated rings. The summed E-state index contributed by atoms with van der Waals surface area (Å²) >= 11 is 0. The zero-order valence-electron chi connectivity index (χ0n) is 39.2. The molecule has 2 rings (SSSR count). The molecule has 0 aromatic rings. The Morgan fingerprint density at radius 1 is 0.569 bits per heavy atom. The van der Waals surface area contributed by atoms with E-state index in [0.717, 1.165) is 103 Å². The first kappa shape index (κ1) is 58.3. The highest BCUT2D eigenvalue weighted by Crippen LogP contribution is 2.30. The molecular weight excluding hydrogens is 835 g/mol. The second kappa shape index (κ2) is 37.2. The SMILES string of the molecule is CC/C=C\C/C=C\C/C=C\C/C=C\C/C=C\C/C=C\C/C=C\CCCCCC(=O)NC(COC1OC(CO)C(OC2OC(CO)C(O)C(O)C2O)C(O)C1O)C(O)CCCCCCCC. The van der Waals surface area contributed by atoms with Crippen molar-refractivity contribution in [1.29, 1.82) is 0 Å². The maximum absolute atomic E-state index is 13.1. The van der Waals surface area contributed by atoms with Crippen LogP contribution in [0.1, 0.15) is 136 Å². The zero-order valence-corrected chi connectivity index (χ0v) is 39.2. The normalized spacial score (nSPS) is 27.8. The highest BCUT2D eigenvalue weighted by molar-refractivity contribution is 5.76. The van der Waals surface area contributed by atoms with Gasteiger partial charge in [0.15, 0.2) is 12.6 Å². The molecule has 14 nitrogen and oxygen atoms in total. The van der Waals surface area contributed by atoms with Crippen LogP contribution in [0.3, 0.4) is 0 Å². The summed E-state index contributed by atoms with van der Waals surface area (Å²) in [5, 5.41) is 86.4. The summed E-state index contributed by atoms with van der Waals surface area (Å²) in [7, 11) is 0. The first-order valence-corrected chi connectivity index (χ1v) is 24.3. The van der Waals surface area contributed by atoms with Gasteiger partial charge in [0, 0.05) is 6.42 Å². The van der Waals surface area contributed by atoms with Crippen molar-refractivity contribution in [2.45, 2.75) is 209 Å².